The maximum Gasteiger partial charge on any atom is 0.490 e. The summed E-state index contributed by atoms with van der Waals surface area (Å²) in [6, 6.07) is 5.75. The van der Waals surface area contributed by atoms with Crippen molar-refractivity contribution in [3.8, 4) is 0 Å². The van der Waals surface area contributed by atoms with Gasteiger partial charge in [0.2, 0.25) is 17.7 Å². The average Bonchev–Trinajstić information content (AvgIpc) is 3.14. The van der Waals surface area contributed by atoms with Crippen LogP contribution in [0.15, 0.2) is 30.3 Å². The molecule has 0 aliphatic carbocycles. The number of methoxy groups -OCH3 is 1. The van der Waals surface area contributed by atoms with Gasteiger partial charge >= 0.3 is 48.6 Å². The lowest BCUT2D eigenvalue weighted by molar-refractivity contribution is -0.193. The Labute approximate surface area is 338 Å². The highest BCUT2D eigenvalue weighted by Crippen LogP contribution is 2.24. The second-order valence-electron chi connectivity index (χ2n) is 12.6. The molecule has 1 aliphatic rings. The third-order valence-electron chi connectivity index (χ3n) is 7.75. The van der Waals surface area contributed by atoms with Crippen molar-refractivity contribution in [3.05, 3.63) is 35.9 Å². The second kappa shape index (κ2) is 26.8. The Morgan fingerprint density at radius 1 is 0.721 bits per heavy atom. The number of carboxylic acids is 3. The van der Waals surface area contributed by atoms with E-state index in [4.69, 9.17) is 40.2 Å². The molecule has 1 heterocycles. The molecule has 0 radical (unpaired) electrons. The monoisotopic (exact) mass is 912 g/mol. The summed E-state index contributed by atoms with van der Waals surface area (Å²) in [5.74, 6) is -10.6. The molecule has 1 aromatic rings. The van der Waals surface area contributed by atoms with E-state index in [-0.39, 0.29) is 37.1 Å². The number of likely N-dealkylation sites (tertiary alicyclic amines) is 1. The summed E-state index contributed by atoms with van der Waals surface area (Å²) >= 11 is 0. The molecular formula is C34H44F12N4O11. The van der Waals surface area contributed by atoms with Crippen LogP contribution in [0.5, 0.6) is 0 Å². The number of aliphatic carboxylic acids is 3. The summed E-state index contributed by atoms with van der Waals surface area (Å²) in [6.45, 7) is 2.56. The molecule has 3 amide bonds. The standard InChI is InChI=1S/C28H41F3N4O5.3C2HF3O2/c1-3-4-11-23(26(38)35-16-13-20(14-17-35)27(39)40-2)34-25(37)22(12-8-15-28(29,30)31)33-24(36)21(32)18-19-9-6-5-7-10-19;3*3-2(4,5)1(6)7/h5-7,9-10,20-23H,3-4,8,11-18,32H2,1-2H3,(H,33,36)(H,34,37);3*(H,6,7)/t21-,22-,23?;;;/m1.../s1. The molecular weight excluding hydrogens is 868 g/mol. The van der Waals surface area contributed by atoms with Crippen molar-refractivity contribution in [3.63, 3.8) is 0 Å². The molecule has 0 aromatic heterocycles. The number of unbranched alkanes of at least 4 members (excludes halogenated alkanes) is 1. The first-order valence-electron chi connectivity index (χ1n) is 17.5. The summed E-state index contributed by atoms with van der Waals surface area (Å²) in [4.78, 5) is 79.5. The molecule has 1 unspecified atom stereocenters. The number of nitrogens with two attached hydrogens (primary N) is 1. The molecule has 1 aromatic carbocycles. The van der Waals surface area contributed by atoms with E-state index in [1.54, 1.807) is 29.2 Å². The number of halogens is 12. The summed E-state index contributed by atoms with van der Waals surface area (Å²) in [7, 11) is 1.31. The van der Waals surface area contributed by atoms with Crippen LogP contribution in [0.3, 0.4) is 0 Å². The van der Waals surface area contributed by atoms with Crippen molar-refractivity contribution in [1.82, 2.24) is 15.5 Å². The van der Waals surface area contributed by atoms with Crippen LogP contribution < -0.4 is 16.4 Å². The topological polar surface area (TPSA) is 243 Å². The minimum Gasteiger partial charge on any atom is -0.475 e. The van der Waals surface area contributed by atoms with Crippen LogP contribution in [0.2, 0.25) is 0 Å². The van der Waals surface area contributed by atoms with Crippen molar-refractivity contribution in [2.45, 2.75) is 108 Å². The van der Waals surface area contributed by atoms with Crippen molar-refractivity contribution < 1.29 is 106 Å². The number of alkyl halides is 12. The quantitative estimate of drug-likeness (QED) is 0.109. The van der Waals surface area contributed by atoms with Gasteiger partial charge in [0.25, 0.3) is 0 Å². The number of carboxylic acid groups (broad SMARTS) is 3. The molecule has 61 heavy (non-hydrogen) atoms. The Morgan fingerprint density at radius 3 is 1.51 bits per heavy atom. The lowest BCUT2D eigenvalue weighted by Crippen LogP contribution is -2.57. The van der Waals surface area contributed by atoms with Gasteiger partial charge in [0.05, 0.1) is 19.1 Å². The molecule has 0 bridgehead atoms. The number of amides is 3. The third-order valence-corrected chi connectivity index (χ3v) is 7.75. The molecule has 1 saturated heterocycles. The SMILES string of the molecule is CCCCC(NC(=O)[C@@H](CCCC(F)(F)F)NC(=O)[C@H](N)Cc1ccccc1)C(=O)N1CCC(C(=O)OC)CC1.O=C(O)C(F)(F)F.O=C(O)C(F)(F)F.O=C(O)C(F)(F)F. The maximum atomic E-state index is 13.3. The van der Waals surface area contributed by atoms with Gasteiger partial charge in [-0.05, 0) is 44.1 Å². The van der Waals surface area contributed by atoms with Crippen LogP contribution >= 0.6 is 0 Å². The predicted molar refractivity (Wildman–Crippen MR) is 184 cm³/mol. The fourth-order valence-corrected chi connectivity index (χ4v) is 4.68. The first-order chi connectivity index (χ1) is 27.8. The molecule has 1 aliphatic heterocycles. The Kier molecular flexibility index (Phi) is 25.3. The molecule has 15 nitrogen and oxygen atoms in total. The van der Waals surface area contributed by atoms with Gasteiger partial charge in [0, 0.05) is 19.5 Å². The van der Waals surface area contributed by atoms with Gasteiger partial charge < -0.3 is 41.3 Å². The minimum atomic E-state index is -5.08. The fraction of sp³-hybridized carbons (Fsp3) is 0.618. The Bertz CT molecular complexity index is 1490. The number of hydrogen-bond donors (Lipinski definition) is 6. The van der Waals surface area contributed by atoms with Gasteiger partial charge in [-0.3, -0.25) is 19.2 Å². The zero-order valence-corrected chi connectivity index (χ0v) is 32.1. The van der Waals surface area contributed by atoms with Crippen LogP contribution in [0.25, 0.3) is 0 Å². The van der Waals surface area contributed by atoms with E-state index >= 15 is 0 Å². The number of rotatable bonds is 14. The lowest BCUT2D eigenvalue weighted by Gasteiger charge is -2.34. The Balaban J connectivity index is 0. The minimum absolute atomic E-state index is 0.183. The summed E-state index contributed by atoms with van der Waals surface area (Å²) < 4.78 is 138. The largest absolute Gasteiger partial charge is 0.490 e. The van der Waals surface area contributed by atoms with Crippen LogP contribution in [-0.4, -0.2) is 125 Å². The van der Waals surface area contributed by atoms with E-state index in [9.17, 15) is 71.9 Å². The zero-order valence-electron chi connectivity index (χ0n) is 32.1. The van der Waals surface area contributed by atoms with E-state index in [0.717, 1.165) is 12.0 Å². The van der Waals surface area contributed by atoms with E-state index in [2.05, 4.69) is 10.6 Å². The number of piperidine rings is 1. The highest BCUT2D eigenvalue weighted by Gasteiger charge is 2.40. The number of benzene rings is 1. The second-order valence-corrected chi connectivity index (χ2v) is 12.6. The zero-order chi connectivity index (χ0) is 47.9. The lowest BCUT2D eigenvalue weighted by atomic mass is 9.96. The molecule has 2 rings (SSSR count). The van der Waals surface area contributed by atoms with Crippen LogP contribution in [0, 0.1) is 5.92 Å². The summed E-state index contributed by atoms with van der Waals surface area (Å²) in [5, 5.41) is 26.6. The highest BCUT2D eigenvalue weighted by atomic mass is 19.4. The van der Waals surface area contributed by atoms with Crippen LogP contribution in [-0.2, 0) is 44.7 Å². The van der Waals surface area contributed by atoms with Crippen LogP contribution in [0.4, 0.5) is 52.7 Å². The number of esters is 1. The number of carbonyl (C=O) groups is 7. The fourth-order valence-electron chi connectivity index (χ4n) is 4.68. The van der Waals surface area contributed by atoms with Gasteiger partial charge in [0.15, 0.2) is 0 Å². The van der Waals surface area contributed by atoms with Gasteiger partial charge in [0.1, 0.15) is 12.1 Å². The van der Waals surface area contributed by atoms with Crippen LogP contribution in [0.1, 0.15) is 63.9 Å². The van der Waals surface area contributed by atoms with E-state index in [0.29, 0.717) is 38.8 Å². The normalized spacial score (nSPS) is 14.7. The van der Waals surface area contributed by atoms with Crippen molar-refractivity contribution in [2.75, 3.05) is 20.2 Å². The van der Waals surface area contributed by atoms with Gasteiger partial charge in [-0.25, -0.2) is 14.4 Å². The molecule has 1 fully saturated rings. The van der Waals surface area contributed by atoms with Crippen molar-refractivity contribution in [2.24, 2.45) is 11.7 Å². The van der Waals surface area contributed by atoms with E-state index in [1.165, 1.54) is 7.11 Å². The summed E-state index contributed by atoms with van der Waals surface area (Å²) in [6.07, 6.45) is -18.7. The molecule has 7 N–H and O–H groups in total. The molecule has 27 heteroatoms. The number of nitrogens with one attached hydrogen (secondary N) is 2. The van der Waals surface area contributed by atoms with E-state index in [1.807, 2.05) is 13.0 Å². The Hall–Kier alpha value is -5.37. The molecule has 0 saturated carbocycles. The van der Waals surface area contributed by atoms with E-state index < -0.39 is 79.0 Å². The Morgan fingerprint density at radius 2 is 1.13 bits per heavy atom. The first kappa shape index (κ1) is 57.7. The van der Waals surface area contributed by atoms with Gasteiger partial charge in [-0.1, -0.05) is 50.1 Å². The number of hydrogen-bond acceptors (Lipinski definition) is 9. The average molecular weight is 913 g/mol. The smallest absolute Gasteiger partial charge is 0.475 e. The molecule has 350 valence electrons. The first-order valence-corrected chi connectivity index (χ1v) is 17.5. The highest BCUT2D eigenvalue weighted by molar-refractivity contribution is 5.93. The third kappa shape index (κ3) is 26.5. The van der Waals surface area contributed by atoms with Gasteiger partial charge in [-0.15, -0.1) is 0 Å². The summed E-state index contributed by atoms with van der Waals surface area (Å²) in [5.41, 5.74) is 6.83. The maximum absolute atomic E-state index is 13.3. The number of nitrogens with zero attached hydrogens (tertiary/aromatic N) is 1. The van der Waals surface area contributed by atoms with Crippen molar-refractivity contribution in [1.29, 1.82) is 0 Å². The molecule has 0 spiro atoms. The number of carbonyl (C=O) groups excluding carboxylic acids is 4. The van der Waals surface area contributed by atoms with Gasteiger partial charge in [-0.2, -0.15) is 52.7 Å². The number of ether oxygens (including phenoxy) is 1. The van der Waals surface area contributed by atoms with Crippen molar-refractivity contribution >= 4 is 41.6 Å². The molecule has 3 atom stereocenters. The predicted octanol–water partition coefficient (Wildman–Crippen LogP) is 4.76.